The number of nitrogens with zero attached hydrogens (tertiary/aromatic N) is 1. The van der Waals surface area contributed by atoms with Gasteiger partial charge in [0.25, 0.3) is 5.91 Å². The third-order valence-corrected chi connectivity index (χ3v) is 3.03. The Balaban J connectivity index is 2.41. The zero-order valence-electron chi connectivity index (χ0n) is 11.2. The van der Waals surface area contributed by atoms with Gasteiger partial charge in [0.15, 0.2) is 0 Å². The maximum absolute atomic E-state index is 12.9. The van der Waals surface area contributed by atoms with E-state index in [1.807, 2.05) is 0 Å². The third kappa shape index (κ3) is 3.16. The van der Waals surface area contributed by atoms with Crippen LogP contribution in [0.2, 0.25) is 0 Å². The van der Waals surface area contributed by atoms with Crippen molar-refractivity contribution in [3.63, 3.8) is 0 Å². The van der Waals surface area contributed by atoms with E-state index in [0.717, 1.165) is 17.0 Å². The summed E-state index contributed by atoms with van der Waals surface area (Å²) in [5.41, 5.74) is 5.12. The topological polar surface area (TPSA) is 46.3 Å². The molecule has 1 amide bonds. The molecule has 0 aliphatic rings. The highest BCUT2D eigenvalue weighted by Crippen LogP contribution is 2.32. The molecule has 0 aromatic heterocycles. The Kier molecular flexibility index (Phi) is 3.88. The van der Waals surface area contributed by atoms with Gasteiger partial charge >= 0.3 is 6.18 Å². The molecule has 110 valence electrons. The first-order valence-corrected chi connectivity index (χ1v) is 6.10. The molecule has 2 aromatic rings. The summed E-state index contributed by atoms with van der Waals surface area (Å²) >= 11 is 0. The van der Waals surface area contributed by atoms with Crippen LogP contribution in [0.4, 0.5) is 24.5 Å². The van der Waals surface area contributed by atoms with Crippen LogP contribution < -0.4 is 10.6 Å². The maximum Gasteiger partial charge on any atom is 0.417 e. The van der Waals surface area contributed by atoms with Crippen molar-refractivity contribution < 1.29 is 18.0 Å². The third-order valence-electron chi connectivity index (χ3n) is 3.03. The van der Waals surface area contributed by atoms with Gasteiger partial charge in [-0.2, -0.15) is 13.2 Å². The first-order chi connectivity index (χ1) is 9.80. The van der Waals surface area contributed by atoms with E-state index in [1.165, 1.54) is 25.2 Å². The standard InChI is InChI=1S/C15H13F3N2O/c1-20(11-6-4-5-10(19)9-11)14(21)12-7-2-3-8-13(12)15(16,17)18/h2-9H,19H2,1H3. The number of nitrogen functional groups attached to an aromatic ring is 1. The lowest BCUT2D eigenvalue weighted by molar-refractivity contribution is -0.137. The Morgan fingerprint density at radius 2 is 1.76 bits per heavy atom. The number of carbonyl (C=O) groups is 1. The molecular formula is C15H13F3N2O. The molecule has 0 saturated heterocycles. The van der Waals surface area contributed by atoms with E-state index in [9.17, 15) is 18.0 Å². The van der Waals surface area contributed by atoms with E-state index in [1.54, 1.807) is 18.2 Å². The molecule has 2 aromatic carbocycles. The Labute approximate surface area is 119 Å². The number of hydrogen-bond acceptors (Lipinski definition) is 2. The summed E-state index contributed by atoms with van der Waals surface area (Å²) in [4.78, 5) is 13.4. The number of anilines is 2. The molecule has 2 N–H and O–H groups in total. The van der Waals surface area contributed by atoms with Gasteiger partial charge in [-0.05, 0) is 30.3 Å². The van der Waals surface area contributed by atoms with Gasteiger partial charge in [0.1, 0.15) is 0 Å². The summed E-state index contributed by atoms with van der Waals surface area (Å²) in [6, 6.07) is 11.1. The molecular weight excluding hydrogens is 281 g/mol. The second-order valence-corrected chi connectivity index (χ2v) is 4.50. The van der Waals surface area contributed by atoms with Crippen molar-refractivity contribution in [1.82, 2.24) is 0 Å². The Morgan fingerprint density at radius 3 is 2.38 bits per heavy atom. The van der Waals surface area contributed by atoms with Gasteiger partial charge in [-0.25, -0.2) is 0 Å². The molecule has 0 fully saturated rings. The first-order valence-electron chi connectivity index (χ1n) is 6.10. The smallest absolute Gasteiger partial charge is 0.399 e. The lowest BCUT2D eigenvalue weighted by atomic mass is 10.1. The molecule has 0 aliphatic carbocycles. The summed E-state index contributed by atoms with van der Waals surface area (Å²) in [5, 5.41) is 0. The number of alkyl halides is 3. The maximum atomic E-state index is 12.9. The van der Waals surface area contributed by atoms with Crippen molar-refractivity contribution in [2.45, 2.75) is 6.18 Å². The van der Waals surface area contributed by atoms with Gasteiger partial charge in [-0.1, -0.05) is 18.2 Å². The van der Waals surface area contributed by atoms with E-state index in [2.05, 4.69) is 0 Å². The fourth-order valence-corrected chi connectivity index (χ4v) is 1.95. The molecule has 0 radical (unpaired) electrons. The molecule has 0 aliphatic heterocycles. The molecule has 0 heterocycles. The van der Waals surface area contributed by atoms with Crippen LogP contribution in [-0.4, -0.2) is 13.0 Å². The second kappa shape index (κ2) is 5.47. The van der Waals surface area contributed by atoms with Crippen LogP contribution in [-0.2, 0) is 6.18 Å². The predicted octanol–water partition coefficient (Wildman–Crippen LogP) is 3.56. The number of carbonyl (C=O) groups excluding carboxylic acids is 1. The van der Waals surface area contributed by atoms with Crippen LogP contribution in [0.3, 0.4) is 0 Å². The van der Waals surface area contributed by atoms with Gasteiger partial charge in [-0.15, -0.1) is 0 Å². The minimum Gasteiger partial charge on any atom is -0.399 e. The Morgan fingerprint density at radius 1 is 1.10 bits per heavy atom. The van der Waals surface area contributed by atoms with Gasteiger partial charge in [-0.3, -0.25) is 4.79 Å². The summed E-state index contributed by atoms with van der Waals surface area (Å²) in [7, 11) is 1.41. The highest BCUT2D eigenvalue weighted by molar-refractivity contribution is 6.07. The molecule has 3 nitrogen and oxygen atoms in total. The van der Waals surface area contributed by atoms with Gasteiger partial charge in [0.2, 0.25) is 0 Å². The predicted molar refractivity (Wildman–Crippen MR) is 75.0 cm³/mol. The van der Waals surface area contributed by atoms with Crippen molar-refractivity contribution in [2.75, 3.05) is 17.7 Å². The largest absolute Gasteiger partial charge is 0.417 e. The van der Waals surface area contributed by atoms with Gasteiger partial charge in [0.05, 0.1) is 11.1 Å². The Hall–Kier alpha value is -2.50. The average molecular weight is 294 g/mol. The molecule has 0 spiro atoms. The number of hydrogen-bond donors (Lipinski definition) is 1. The number of benzene rings is 2. The average Bonchev–Trinajstić information content (AvgIpc) is 2.45. The highest BCUT2D eigenvalue weighted by Gasteiger charge is 2.35. The van der Waals surface area contributed by atoms with Crippen molar-refractivity contribution >= 4 is 17.3 Å². The molecule has 0 bridgehead atoms. The fourth-order valence-electron chi connectivity index (χ4n) is 1.95. The first kappa shape index (κ1) is 14.9. The van der Waals surface area contributed by atoms with E-state index in [-0.39, 0.29) is 0 Å². The lowest BCUT2D eigenvalue weighted by Gasteiger charge is -2.20. The highest BCUT2D eigenvalue weighted by atomic mass is 19.4. The zero-order chi connectivity index (χ0) is 15.6. The summed E-state index contributed by atoms with van der Waals surface area (Å²) in [5.74, 6) is -0.742. The van der Waals surface area contributed by atoms with Gasteiger partial charge < -0.3 is 10.6 Å². The second-order valence-electron chi connectivity index (χ2n) is 4.50. The minimum atomic E-state index is -4.58. The van der Waals surface area contributed by atoms with E-state index < -0.39 is 23.2 Å². The number of amides is 1. The molecule has 0 unspecified atom stereocenters. The van der Waals surface area contributed by atoms with Crippen LogP contribution >= 0.6 is 0 Å². The molecule has 6 heteroatoms. The SMILES string of the molecule is CN(C(=O)c1ccccc1C(F)(F)F)c1cccc(N)c1. The van der Waals surface area contributed by atoms with Crippen LogP contribution in [0, 0.1) is 0 Å². The van der Waals surface area contributed by atoms with Gasteiger partial charge in [0, 0.05) is 18.4 Å². The number of halogens is 3. The van der Waals surface area contributed by atoms with Crippen molar-refractivity contribution in [1.29, 1.82) is 0 Å². The molecule has 0 saturated carbocycles. The van der Waals surface area contributed by atoms with E-state index in [4.69, 9.17) is 5.73 Å². The van der Waals surface area contributed by atoms with E-state index in [0.29, 0.717) is 11.4 Å². The molecule has 0 atom stereocenters. The van der Waals surface area contributed by atoms with Crippen LogP contribution in [0.1, 0.15) is 15.9 Å². The fraction of sp³-hybridized carbons (Fsp3) is 0.133. The number of rotatable bonds is 2. The molecule has 21 heavy (non-hydrogen) atoms. The molecule has 2 rings (SSSR count). The number of nitrogens with two attached hydrogens (primary N) is 1. The summed E-state index contributed by atoms with van der Waals surface area (Å²) < 4.78 is 38.8. The quantitative estimate of drug-likeness (QED) is 0.861. The normalized spacial score (nSPS) is 11.2. The summed E-state index contributed by atoms with van der Waals surface area (Å²) in [6.45, 7) is 0. The summed E-state index contributed by atoms with van der Waals surface area (Å²) in [6.07, 6.45) is -4.58. The van der Waals surface area contributed by atoms with E-state index >= 15 is 0 Å². The Bertz CT molecular complexity index is 668. The van der Waals surface area contributed by atoms with Crippen LogP contribution in [0.25, 0.3) is 0 Å². The lowest BCUT2D eigenvalue weighted by Crippen LogP contribution is -2.28. The zero-order valence-corrected chi connectivity index (χ0v) is 11.2. The van der Waals surface area contributed by atoms with Crippen molar-refractivity contribution in [2.24, 2.45) is 0 Å². The van der Waals surface area contributed by atoms with Crippen molar-refractivity contribution in [3.05, 3.63) is 59.7 Å². The monoisotopic (exact) mass is 294 g/mol. The van der Waals surface area contributed by atoms with Crippen LogP contribution in [0.15, 0.2) is 48.5 Å². The minimum absolute atomic E-state index is 0.394. The van der Waals surface area contributed by atoms with Crippen LogP contribution in [0.5, 0.6) is 0 Å². The van der Waals surface area contributed by atoms with Crippen molar-refractivity contribution in [3.8, 4) is 0 Å².